The van der Waals surface area contributed by atoms with Crippen molar-refractivity contribution in [2.75, 3.05) is 5.32 Å². The largest absolute Gasteiger partial charge is 0.468 e. The fourth-order valence-corrected chi connectivity index (χ4v) is 3.47. The molecule has 0 saturated heterocycles. The first-order valence-electron chi connectivity index (χ1n) is 6.16. The lowest BCUT2D eigenvalue weighted by atomic mass is 10.1. The van der Waals surface area contributed by atoms with Crippen LogP contribution in [0.25, 0.3) is 0 Å². The highest BCUT2D eigenvalue weighted by Gasteiger charge is 2.44. The topological polar surface area (TPSA) is 88.4 Å². The third-order valence-electron chi connectivity index (χ3n) is 3.19. The first-order chi connectivity index (χ1) is 10.3. The lowest BCUT2D eigenvalue weighted by Crippen LogP contribution is -2.24. The predicted octanol–water partition coefficient (Wildman–Crippen LogP) is 2.34. The van der Waals surface area contributed by atoms with Crippen LogP contribution in [0, 0.1) is 0 Å². The second-order valence-electron chi connectivity index (χ2n) is 4.64. The van der Waals surface area contributed by atoms with Crippen LogP contribution in [-0.4, -0.2) is 14.3 Å². The minimum atomic E-state index is -3.79. The lowest BCUT2D eigenvalue weighted by Gasteiger charge is -2.11. The van der Waals surface area contributed by atoms with Crippen molar-refractivity contribution in [2.24, 2.45) is 0 Å². The summed E-state index contributed by atoms with van der Waals surface area (Å²) in [4.78, 5) is 11.6. The van der Waals surface area contributed by atoms with Gasteiger partial charge in [-0.1, -0.05) is 23.2 Å². The number of alkyl halides is 2. The number of carbonyl (C=O) groups excluding carboxylic acids is 1. The number of hydrogen-bond acceptors (Lipinski definition) is 4. The maximum absolute atomic E-state index is 12.3. The molecule has 0 spiro atoms. The van der Waals surface area contributed by atoms with Crippen LogP contribution in [0.4, 0.5) is 5.69 Å². The van der Waals surface area contributed by atoms with E-state index in [4.69, 9.17) is 27.6 Å². The molecule has 2 aromatic rings. The summed E-state index contributed by atoms with van der Waals surface area (Å²) < 4.78 is 30.2. The molecule has 2 N–H and O–H groups in total. The minimum absolute atomic E-state index is 0.0104. The van der Waals surface area contributed by atoms with Gasteiger partial charge in [0.2, 0.25) is 14.4 Å². The molecular formula is C13H10Cl2N2O4S. The molecule has 1 aliphatic heterocycles. The molecule has 1 aliphatic rings. The number of amides is 1. The molecule has 0 atom stereocenters. The van der Waals surface area contributed by atoms with Crippen LogP contribution < -0.4 is 10.0 Å². The quantitative estimate of drug-likeness (QED) is 0.819. The van der Waals surface area contributed by atoms with Gasteiger partial charge in [0, 0.05) is 11.3 Å². The summed E-state index contributed by atoms with van der Waals surface area (Å²) in [5, 5.41) is 2.49. The predicted molar refractivity (Wildman–Crippen MR) is 81.2 cm³/mol. The van der Waals surface area contributed by atoms with Gasteiger partial charge in [0.25, 0.3) is 5.91 Å². The number of rotatable bonds is 4. The molecule has 0 unspecified atom stereocenters. The Labute approximate surface area is 136 Å². The van der Waals surface area contributed by atoms with Crippen molar-refractivity contribution in [3.8, 4) is 0 Å². The molecule has 6 nitrogen and oxygen atoms in total. The van der Waals surface area contributed by atoms with Crippen molar-refractivity contribution in [1.29, 1.82) is 0 Å². The summed E-state index contributed by atoms with van der Waals surface area (Å²) in [7, 11) is -3.79. The Morgan fingerprint density at radius 2 is 2.05 bits per heavy atom. The summed E-state index contributed by atoms with van der Waals surface area (Å²) in [6, 6.07) is 7.39. The summed E-state index contributed by atoms with van der Waals surface area (Å²) >= 11 is 11.9. The normalized spacial score (nSPS) is 16.4. The minimum Gasteiger partial charge on any atom is -0.468 e. The van der Waals surface area contributed by atoms with E-state index < -0.39 is 20.3 Å². The number of carbonyl (C=O) groups is 1. The van der Waals surface area contributed by atoms with Crippen LogP contribution in [-0.2, 0) is 25.7 Å². The summed E-state index contributed by atoms with van der Waals surface area (Å²) in [5.41, 5.74) is 0.599. The van der Waals surface area contributed by atoms with Crippen LogP contribution in [0.3, 0.4) is 0 Å². The van der Waals surface area contributed by atoms with E-state index >= 15 is 0 Å². The molecule has 22 heavy (non-hydrogen) atoms. The highest BCUT2D eigenvalue weighted by atomic mass is 35.5. The average Bonchev–Trinajstić information content (AvgIpc) is 3.05. The zero-order chi connectivity index (χ0) is 16.0. The Hall–Kier alpha value is -1.54. The molecule has 0 saturated carbocycles. The van der Waals surface area contributed by atoms with E-state index in [1.165, 1.54) is 24.5 Å². The summed E-state index contributed by atoms with van der Waals surface area (Å²) in [6.07, 6.45) is 1.45. The van der Waals surface area contributed by atoms with E-state index in [9.17, 15) is 13.2 Å². The van der Waals surface area contributed by atoms with E-state index in [1.807, 2.05) is 0 Å². The standard InChI is InChI=1S/C13H10Cl2N2O4S/c14-13(15)10-6-9(3-4-11(10)17-12(13)18)22(19,20)16-7-8-2-1-5-21-8/h1-6,16H,7H2,(H,17,18). The second kappa shape index (κ2) is 5.27. The number of fused-ring (bicyclic) bond motifs is 1. The van der Waals surface area contributed by atoms with Crippen LogP contribution in [0.2, 0.25) is 0 Å². The molecule has 0 fully saturated rings. The Bertz CT molecular complexity index is 832. The Kier molecular flexibility index (Phi) is 3.68. The van der Waals surface area contributed by atoms with E-state index in [2.05, 4.69) is 10.0 Å². The van der Waals surface area contributed by atoms with Gasteiger partial charge in [0.15, 0.2) is 0 Å². The van der Waals surface area contributed by atoms with Gasteiger partial charge in [-0.3, -0.25) is 4.79 Å². The third-order valence-corrected chi connectivity index (χ3v) is 5.34. The van der Waals surface area contributed by atoms with Crippen molar-refractivity contribution in [3.05, 3.63) is 47.9 Å². The number of sulfonamides is 1. The van der Waals surface area contributed by atoms with Crippen molar-refractivity contribution < 1.29 is 17.6 Å². The molecule has 0 bridgehead atoms. The fraction of sp³-hybridized carbons (Fsp3) is 0.154. The van der Waals surface area contributed by atoms with Gasteiger partial charge in [0.1, 0.15) is 5.76 Å². The maximum Gasteiger partial charge on any atom is 0.265 e. The monoisotopic (exact) mass is 360 g/mol. The average molecular weight is 361 g/mol. The number of nitrogens with one attached hydrogen (secondary N) is 2. The number of anilines is 1. The van der Waals surface area contributed by atoms with Crippen molar-refractivity contribution in [2.45, 2.75) is 15.8 Å². The van der Waals surface area contributed by atoms with Crippen molar-refractivity contribution in [3.63, 3.8) is 0 Å². The zero-order valence-electron chi connectivity index (χ0n) is 11.0. The highest BCUT2D eigenvalue weighted by molar-refractivity contribution is 7.89. The molecule has 2 heterocycles. The third kappa shape index (κ3) is 2.61. The van der Waals surface area contributed by atoms with Gasteiger partial charge in [-0.15, -0.1) is 0 Å². The van der Waals surface area contributed by atoms with Gasteiger partial charge < -0.3 is 9.73 Å². The van der Waals surface area contributed by atoms with Gasteiger partial charge in [-0.2, -0.15) is 0 Å². The van der Waals surface area contributed by atoms with Gasteiger partial charge >= 0.3 is 0 Å². The van der Waals surface area contributed by atoms with Gasteiger partial charge in [0.05, 0.1) is 17.7 Å². The number of halogens is 2. The molecule has 0 radical (unpaired) electrons. The number of hydrogen-bond donors (Lipinski definition) is 2. The number of furan rings is 1. The molecule has 1 aromatic heterocycles. The van der Waals surface area contributed by atoms with E-state index in [0.29, 0.717) is 11.4 Å². The molecule has 116 valence electrons. The molecule has 1 amide bonds. The van der Waals surface area contributed by atoms with Crippen LogP contribution in [0.1, 0.15) is 11.3 Å². The lowest BCUT2D eigenvalue weighted by molar-refractivity contribution is -0.116. The smallest absolute Gasteiger partial charge is 0.265 e. The van der Waals surface area contributed by atoms with Crippen LogP contribution >= 0.6 is 23.2 Å². The number of benzene rings is 1. The molecular weight excluding hydrogens is 351 g/mol. The van der Waals surface area contributed by atoms with Gasteiger partial charge in [-0.05, 0) is 30.3 Å². The molecule has 9 heteroatoms. The zero-order valence-corrected chi connectivity index (χ0v) is 13.3. The first kappa shape index (κ1) is 15.4. The Morgan fingerprint density at radius 1 is 1.27 bits per heavy atom. The summed E-state index contributed by atoms with van der Waals surface area (Å²) in [5.74, 6) is -0.130. The first-order valence-corrected chi connectivity index (χ1v) is 8.40. The summed E-state index contributed by atoms with van der Waals surface area (Å²) in [6.45, 7) is 0.0104. The Morgan fingerprint density at radius 3 is 2.73 bits per heavy atom. The van der Waals surface area contributed by atoms with Crippen molar-refractivity contribution in [1.82, 2.24) is 4.72 Å². The van der Waals surface area contributed by atoms with E-state index in [-0.39, 0.29) is 17.0 Å². The van der Waals surface area contributed by atoms with Gasteiger partial charge in [-0.25, -0.2) is 13.1 Å². The maximum atomic E-state index is 12.3. The molecule has 1 aromatic carbocycles. The Balaban J connectivity index is 1.89. The molecule has 0 aliphatic carbocycles. The fourth-order valence-electron chi connectivity index (χ4n) is 2.05. The highest BCUT2D eigenvalue weighted by Crippen LogP contribution is 2.45. The SMILES string of the molecule is O=C1Nc2ccc(S(=O)(=O)NCc3ccco3)cc2C1(Cl)Cl. The van der Waals surface area contributed by atoms with Crippen LogP contribution in [0.15, 0.2) is 45.9 Å². The molecule has 3 rings (SSSR count). The van der Waals surface area contributed by atoms with Crippen molar-refractivity contribution >= 4 is 44.8 Å². The van der Waals surface area contributed by atoms with E-state index in [1.54, 1.807) is 12.1 Å². The second-order valence-corrected chi connectivity index (χ2v) is 7.73. The van der Waals surface area contributed by atoms with E-state index in [0.717, 1.165) is 0 Å². The van der Waals surface area contributed by atoms with Crippen LogP contribution in [0.5, 0.6) is 0 Å².